The van der Waals surface area contributed by atoms with Gasteiger partial charge in [0.2, 0.25) is 0 Å². The molecule has 2 aromatic rings. The molecule has 0 spiro atoms. The van der Waals surface area contributed by atoms with Crippen LogP contribution in [-0.2, 0) is 6.54 Å². The second kappa shape index (κ2) is 7.01. The van der Waals surface area contributed by atoms with Crippen molar-refractivity contribution < 1.29 is 0 Å². The molecular weight excluding hydrogens is 308 g/mol. The fraction of sp³-hybridized carbons (Fsp3) is 0.524. The van der Waals surface area contributed by atoms with E-state index >= 15 is 0 Å². The van der Waals surface area contributed by atoms with Crippen LogP contribution >= 0.6 is 0 Å². The third-order valence-electron chi connectivity index (χ3n) is 5.88. The molecule has 25 heavy (non-hydrogen) atoms. The van der Waals surface area contributed by atoms with Crippen LogP contribution in [0.25, 0.3) is 5.69 Å². The molecule has 0 N–H and O–H groups in total. The summed E-state index contributed by atoms with van der Waals surface area (Å²) >= 11 is 0. The van der Waals surface area contributed by atoms with E-state index in [-0.39, 0.29) is 10.8 Å². The van der Waals surface area contributed by atoms with Crippen molar-refractivity contribution in [2.75, 3.05) is 13.1 Å². The summed E-state index contributed by atoms with van der Waals surface area (Å²) in [5.74, 6) is 0. The number of nitrogens with zero attached hydrogens (tertiary/aromatic N) is 4. The van der Waals surface area contributed by atoms with Crippen molar-refractivity contribution in [1.29, 1.82) is 5.26 Å². The monoisotopic (exact) mass is 336 g/mol. The minimum atomic E-state index is 0.145. The second-order valence-electron chi connectivity index (χ2n) is 8.27. The first-order chi connectivity index (χ1) is 11.9. The first-order valence-corrected chi connectivity index (χ1v) is 9.12. The molecule has 132 valence electrons. The lowest BCUT2D eigenvalue weighted by molar-refractivity contribution is 0.00711. The Morgan fingerprint density at radius 2 is 1.84 bits per heavy atom. The molecule has 4 nitrogen and oxygen atoms in total. The van der Waals surface area contributed by atoms with Gasteiger partial charge in [0.05, 0.1) is 18.0 Å². The fourth-order valence-corrected chi connectivity index (χ4v) is 3.90. The third kappa shape index (κ3) is 3.77. The molecule has 0 saturated carbocycles. The second-order valence-corrected chi connectivity index (χ2v) is 8.27. The molecule has 1 aliphatic heterocycles. The highest BCUT2D eigenvalue weighted by Gasteiger charge is 2.43. The molecule has 0 aliphatic carbocycles. The summed E-state index contributed by atoms with van der Waals surface area (Å²) in [7, 11) is 0. The number of benzene rings is 1. The van der Waals surface area contributed by atoms with Crippen molar-refractivity contribution in [2.45, 2.75) is 46.6 Å². The van der Waals surface area contributed by atoms with E-state index in [1.54, 1.807) is 0 Å². The molecule has 2 heterocycles. The molecule has 0 atom stereocenters. The Morgan fingerprint density at radius 3 is 2.44 bits per heavy atom. The van der Waals surface area contributed by atoms with E-state index in [1.807, 2.05) is 29.1 Å². The van der Waals surface area contributed by atoms with Crippen LogP contribution in [0.1, 0.15) is 45.6 Å². The van der Waals surface area contributed by atoms with Crippen molar-refractivity contribution >= 4 is 0 Å². The van der Waals surface area contributed by atoms with Gasteiger partial charge in [-0.05, 0) is 48.9 Å². The molecule has 1 saturated heterocycles. The molecule has 1 aromatic heterocycles. The molecule has 0 radical (unpaired) electrons. The van der Waals surface area contributed by atoms with Crippen LogP contribution in [0, 0.1) is 22.2 Å². The zero-order valence-corrected chi connectivity index (χ0v) is 15.6. The van der Waals surface area contributed by atoms with Crippen LogP contribution in [0.5, 0.6) is 0 Å². The van der Waals surface area contributed by atoms with Gasteiger partial charge in [-0.25, -0.2) is 4.68 Å². The molecule has 1 fully saturated rings. The summed E-state index contributed by atoms with van der Waals surface area (Å²) in [5, 5.41) is 13.8. The number of hydrogen-bond donors (Lipinski definition) is 0. The van der Waals surface area contributed by atoms with Crippen molar-refractivity contribution in [2.24, 2.45) is 10.8 Å². The summed E-state index contributed by atoms with van der Waals surface area (Å²) in [4.78, 5) is 2.49. The number of para-hydroxylation sites is 1. The normalized spacial score (nSPS) is 18.0. The number of aromatic nitrogens is 2. The number of hydrogen-bond acceptors (Lipinski definition) is 3. The minimum Gasteiger partial charge on any atom is -0.299 e. The van der Waals surface area contributed by atoms with Crippen LogP contribution in [-0.4, -0.2) is 27.8 Å². The van der Waals surface area contributed by atoms with Crippen molar-refractivity contribution in [3.05, 3.63) is 48.3 Å². The van der Waals surface area contributed by atoms with E-state index in [2.05, 4.69) is 55.2 Å². The molecule has 1 aliphatic rings. The van der Waals surface area contributed by atoms with Crippen LogP contribution in [0.15, 0.2) is 42.7 Å². The zero-order valence-electron chi connectivity index (χ0n) is 15.6. The first-order valence-electron chi connectivity index (χ1n) is 9.12. The molecule has 0 bridgehead atoms. The molecule has 3 rings (SSSR count). The molecular formula is C21H28N4. The smallest absolute Gasteiger partial charge is 0.0645 e. The molecule has 4 heteroatoms. The van der Waals surface area contributed by atoms with Crippen LogP contribution < -0.4 is 0 Å². The Balaban J connectivity index is 1.63. The van der Waals surface area contributed by atoms with Gasteiger partial charge in [-0.3, -0.25) is 4.90 Å². The largest absolute Gasteiger partial charge is 0.299 e. The Morgan fingerprint density at radius 1 is 1.16 bits per heavy atom. The third-order valence-corrected chi connectivity index (χ3v) is 5.88. The van der Waals surface area contributed by atoms with E-state index in [9.17, 15) is 5.26 Å². The number of rotatable bonds is 4. The van der Waals surface area contributed by atoms with Crippen molar-refractivity contribution in [1.82, 2.24) is 14.7 Å². The Kier molecular flexibility index (Phi) is 4.96. The maximum atomic E-state index is 9.28. The molecule has 0 amide bonds. The summed E-state index contributed by atoms with van der Waals surface area (Å²) in [6, 6.07) is 12.7. The summed E-state index contributed by atoms with van der Waals surface area (Å²) in [5.41, 5.74) is 2.65. The number of likely N-dealkylation sites (tertiary alicyclic amines) is 1. The SMILES string of the molecule is CC(C)(C)C1(CC#N)CCN(Cc2cnn(-c3ccccc3)c2)CC1. The van der Waals surface area contributed by atoms with Crippen LogP contribution in [0.4, 0.5) is 0 Å². The maximum absolute atomic E-state index is 9.28. The highest BCUT2D eigenvalue weighted by atomic mass is 15.3. The standard InChI is InChI=1S/C21H28N4/c1-20(2,3)21(9-12-22)10-13-24(14-11-21)16-18-15-23-25(17-18)19-7-5-4-6-8-19/h4-8,15,17H,9-11,13-14,16H2,1-3H3. The lowest BCUT2D eigenvalue weighted by atomic mass is 9.60. The van der Waals surface area contributed by atoms with E-state index in [1.165, 1.54) is 5.56 Å². The average molecular weight is 336 g/mol. The van der Waals surface area contributed by atoms with Gasteiger partial charge in [-0.2, -0.15) is 10.4 Å². The van der Waals surface area contributed by atoms with Gasteiger partial charge >= 0.3 is 0 Å². The van der Waals surface area contributed by atoms with Crippen molar-refractivity contribution in [3.8, 4) is 11.8 Å². The van der Waals surface area contributed by atoms with Gasteiger partial charge in [0.25, 0.3) is 0 Å². The first kappa shape index (κ1) is 17.7. The lowest BCUT2D eigenvalue weighted by Crippen LogP contribution is -2.46. The molecule has 1 aromatic carbocycles. The highest BCUT2D eigenvalue weighted by Crippen LogP contribution is 2.49. The molecule has 0 unspecified atom stereocenters. The average Bonchev–Trinajstić information content (AvgIpc) is 3.05. The summed E-state index contributed by atoms with van der Waals surface area (Å²) < 4.78 is 1.94. The van der Waals surface area contributed by atoms with E-state index in [0.29, 0.717) is 6.42 Å². The summed E-state index contributed by atoms with van der Waals surface area (Å²) in [6.07, 6.45) is 6.94. The van der Waals surface area contributed by atoms with Crippen molar-refractivity contribution in [3.63, 3.8) is 0 Å². The van der Waals surface area contributed by atoms with E-state index in [0.717, 1.165) is 38.2 Å². The van der Waals surface area contributed by atoms with Crippen LogP contribution in [0.2, 0.25) is 0 Å². The van der Waals surface area contributed by atoms with Crippen LogP contribution in [0.3, 0.4) is 0 Å². The quantitative estimate of drug-likeness (QED) is 0.830. The Hall–Kier alpha value is -2.12. The van der Waals surface area contributed by atoms with Gasteiger partial charge in [-0.15, -0.1) is 0 Å². The van der Waals surface area contributed by atoms with E-state index < -0.39 is 0 Å². The predicted octanol–water partition coefficient (Wildman–Crippen LogP) is 4.41. The minimum absolute atomic E-state index is 0.145. The number of piperidine rings is 1. The predicted molar refractivity (Wildman–Crippen MR) is 100 cm³/mol. The topological polar surface area (TPSA) is 44.9 Å². The Labute approximate surface area is 151 Å². The summed E-state index contributed by atoms with van der Waals surface area (Å²) in [6.45, 7) is 9.88. The highest BCUT2D eigenvalue weighted by molar-refractivity contribution is 5.30. The fourth-order valence-electron chi connectivity index (χ4n) is 3.90. The van der Waals surface area contributed by atoms with Gasteiger partial charge < -0.3 is 0 Å². The van der Waals surface area contributed by atoms with Gasteiger partial charge in [0.15, 0.2) is 0 Å². The van der Waals surface area contributed by atoms with Gasteiger partial charge in [-0.1, -0.05) is 39.0 Å². The lowest BCUT2D eigenvalue weighted by Gasteiger charge is -2.49. The van der Waals surface area contributed by atoms with Gasteiger partial charge in [0.1, 0.15) is 0 Å². The zero-order chi connectivity index (χ0) is 17.9. The maximum Gasteiger partial charge on any atom is 0.0645 e. The van der Waals surface area contributed by atoms with Gasteiger partial charge in [0, 0.05) is 24.7 Å². The Bertz CT molecular complexity index is 725. The number of nitriles is 1. The van der Waals surface area contributed by atoms with E-state index in [4.69, 9.17) is 0 Å².